The van der Waals surface area contributed by atoms with E-state index in [1.54, 1.807) is 6.07 Å². The van der Waals surface area contributed by atoms with Gasteiger partial charge < -0.3 is 10.2 Å². The molecule has 0 spiro atoms. The van der Waals surface area contributed by atoms with E-state index in [9.17, 15) is 23.4 Å². The molecule has 6 heteroatoms. The third kappa shape index (κ3) is 3.01. The van der Waals surface area contributed by atoms with E-state index >= 15 is 0 Å². The predicted molar refractivity (Wildman–Crippen MR) is 81.1 cm³/mol. The molecule has 0 aliphatic carbocycles. The van der Waals surface area contributed by atoms with Crippen LogP contribution in [-0.4, -0.2) is 40.0 Å². The average molecular weight is 325 g/mol. The monoisotopic (exact) mass is 325 g/mol. The van der Waals surface area contributed by atoms with Gasteiger partial charge in [-0.3, -0.25) is 4.90 Å². The Morgan fingerprint density at radius 2 is 1.70 bits per heavy atom. The van der Waals surface area contributed by atoms with Crippen molar-refractivity contribution in [2.24, 2.45) is 0 Å². The van der Waals surface area contributed by atoms with Crippen LogP contribution in [0, 0.1) is 0 Å². The van der Waals surface area contributed by atoms with Gasteiger partial charge in [0.25, 0.3) is 0 Å². The summed E-state index contributed by atoms with van der Waals surface area (Å²) in [6.45, 7) is 0.637. The third-order valence-corrected chi connectivity index (χ3v) is 4.61. The molecule has 1 aliphatic rings. The topological polar surface area (TPSA) is 43.7 Å². The molecule has 1 heterocycles. The van der Waals surface area contributed by atoms with Crippen molar-refractivity contribution in [3.63, 3.8) is 0 Å². The van der Waals surface area contributed by atoms with E-state index in [-0.39, 0.29) is 31.7 Å². The van der Waals surface area contributed by atoms with Gasteiger partial charge in [0, 0.05) is 25.2 Å². The number of phenolic OH excluding ortho intramolecular Hbond substituents is 1. The summed E-state index contributed by atoms with van der Waals surface area (Å²) in [5, 5.41) is 21.7. The summed E-state index contributed by atoms with van der Waals surface area (Å²) in [4.78, 5) is 1.84. The number of hydrogen-bond acceptors (Lipinski definition) is 3. The van der Waals surface area contributed by atoms with Crippen LogP contribution in [0.2, 0.25) is 0 Å². The first-order valence-corrected chi connectivity index (χ1v) is 7.51. The SMILES string of the molecule is Oc1ccc2ccccc2c1CN1CCC(O)(C(F)(F)F)CC1. The number of nitrogens with zero attached hydrogens (tertiary/aromatic N) is 1. The molecule has 3 nitrogen and oxygen atoms in total. The zero-order valence-corrected chi connectivity index (χ0v) is 12.5. The van der Waals surface area contributed by atoms with Crippen LogP contribution >= 0.6 is 0 Å². The quantitative estimate of drug-likeness (QED) is 0.889. The van der Waals surface area contributed by atoms with E-state index in [1.165, 1.54) is 0 Å². The van der Waals surface area contributed by atoms with Crippen LogP contribution in [0.5, 0.6) is 5.75 Å². The lowest BCUT2D eigenvalue weighted by Crippen LogP contribution is -2.53. The van der Waals surface area contributed by atoms with Crippen LogP contribution < -0.4 is 0 Å². The standard InChI is InChI=1S/C17H18F3NO2/c18-17(19,20)16(23)7-9-21(10-8-16)11-14-13-4-2-1-3-12(13)5-6-15(14)22/h1-6,22-23H,7-11H2. The van der Waals surface area contributed by atoms with E-state index in [0.29, 0.717) is 12.1 Å². The van der Waals surface area contributed by atoms with Crippen molar-refractivity contribution in [3.05, 3.63) is 42.0 Å². The molecular formula is C17H18F3NO2. The number of alkyl halides is 3. The van der Waals surface area contributed by atoms with Gasteiger partial charge in [-0.15, -0.1) is 0 Å². The fraction of sp³-hybridized carbons (Fsp3) is 0.412. The summed E-state index contributed by atoms with van der Waals surface area (Å²) in [6.07, 6.45) is -5.29. The van der Waals surface area contributed by atoms with Gasteiger partial charge in [-0.25, -0.2) is 0 Å². The first kappa shape index (κ1) is 16.1. The number of phenols is 1. The maximum atomic E-state index is 12.8. The van der Waals surface area contributed by atoms with E-state index < -0.39 is 11.8 Å². The summed E-state index contributed by atoms with van der Waals surface area (Å²) in [5.41, 5.74) is -1.88. The van der Waals surface area contributed by atoms with Crippen LogP contribution in [0.4, 0.5) is 13.2 Å². The smallest absolute Gasteiger partial charge is 0.417 e. The number of aromatic hydroxyl groups is 1. The Labute approximate surface area is 132 Å². The molecule has 0 bridgehead atoms. The number of likely N-dealkylation sites (tertiary alicyclic amines) is 1. The fourth-order valence-electron chi connectivity index (χ4n) is 3.08. The number of benzene rings is 2. The minimum atomic E-state index is -4.60. The normalized spacial score (nSPS) is 19.1. The lowest BCUT2D eigenvalue weighted by molar-refractivity contribution is -0.272. The zero-order chi connectivity index (χ0) is 16.7. The second-order valence-corrected chi connectivity index (χ2v) is 6.09. The van der Waals surface area contributed by atoms with Crippen LogP contribution in [0.15, 0.2) is 36.4 Å². The van der Waals surface area contributed by atoms with Gasteiger partial charge in [-0.1, -0.05) is 30.3 Å². The number of halogens is 3. The lowest BCUT2D eigenvalue weighted by atomic mass is 9.90. The van der Waals surface area contributed by atoms with Gasteiger partial charge in [0.15, 0.2) is 5.60 Å². The molecule has 2 aromatic carbocycles. The molecular weight excluding hydrogens is 307 g/mol. The summed E-state index contributed by atoms with van der Waals surface area (Å²) < 4.78 is 38.5. The van der Waals surface area contributed by atoms with Crippen molar-refractivity contribution in [3.8, 4) is 5.75 Å². The molecule has 0 amide bonds. The van der Waals surface area contributed by atoms with Crippen molar-refractivity contribution < 1.29 is 23.4 Å². The average Bonchev–Trinajstić information content (AvgIpc) is 2.51. The Hall–Kier alpha value is -1.79. The summed E-state index contributed by atoms with van der Waals surface area (Å²) >= 11 is 0. The number of piperidine rings is 1. The van der Waals surface area contributed by atoms with Gasteiger partial charge in [-0.2, -0.15) is 13.2 Å². The second-order valence-electron chi connectivity index (χ2n) is 6.09. The van der Waals surface area contributed by atoms with Crippen molar-refractivity contribution in [2.75, 3.05) is 13.1 Å². The zero-order valence-electron chi connectivity index (χ0n) is 12.5. The molecule has 124 valence electrons. The highest BCUT2D eigenvalue weighted by Crippen LogP contribution is 2.39. The molecule has 0 radical (unpaired) electrons. The van der Waals surface area contributed by atoms with E-state index in [4.69, 9.17) is 0 Å². The second kappa shape index (κ2) is 5.69. The Kier molecular flexibility index (Phi) is 3.98. The Balaban J connectivity index is 1.79. The summed E-state index contributed by atoms with van der Waals surface area (Å²) in [5.74, 6) is 0.139. The summed E-state index contributed by atoms with van der Waals surface area (Å²) in [6, 6.07) is 11.0. The molecule has 0 unspecified atom stereocenters. The predicted octanol–water partition coefficient (Wildman–Crippen LogP) is 3.43. The number of hydrogen-bond donors (Lipinski definition) is 2. The van der Waals surface area contributed by atoms with E-state index in [0.717, 1.165) is 10.8 Å². The minimum Gasteiger partial charge on any atom is -0.508 e. The third-order valence-electron chi connectivity index (χ3n) is 4.61. The highest BCUT2D eigenvalue weighted by Gasteiger charge is 2.54. The van der Waals surface area contributed by atoms with Gasteiger partial charge in [0.05, 0.1) is 0 Å². The molecule has 23 heavy (non-hydrogen) atoms. The van der Waals surface area contributed by atoms with E-state index in [1.807, 2.05) is 35.2 Å². The summed E-state index contributed by atoms with van der Waals surface area (Å²) in [7, 11) is 0. The Bertz CT molecular complexity index is 707. The Morgan fingerprint density at radius 1 is 1.04 bits per heavy atom. The lowest BCUT2D eigenvalue weighted by Gasteiger charge is -2.39. The first-order chi connectivity index (χ1) is 10.8. The van der Waals surface area contributed by atoms with Crippen LogP contribution in [0.3, 0.4) is 0 Å². The maximum Gasteiger partial charge on any atom is 0.417 e. The van der Waals surface area contributed by atoms with Gasteiger partial charge >= 0.3 is 6.18 Å². The van der Waals surface area contributed by atoms with Crippen molar-refractivity contribution in [2.45, 2.75) is 31.2 Å². The molecule has 0 aromatic heterocycles. The van der Waals surface area contributed by atoms with Crippen LogP contribution in [-0.2, 0) is 6.54 Å². The van der Waals surface area contributed by atoms with Crippen LogP contribution in [0.25, 0.3) is 10.8 Å². The highest BCUT2D eigenvalue weighted by atomic mass is 19.4. The molecule has 0 atom stereocenters. The first-order valence-electron chi connectivity index (χ1n) is 7.51. The number of fused-ring (bicyclic) bond motifs is 1. The van der Waals surface area contributed by atoms with Crippen molar-refractivity contribution in [1.82, 2.24) is 4.90 Å². The van der Waals surface area contributed by atoms with Crippen molar-refractivity contribution in [1.29, 1.82) is 0 Å². The Morgan fingerprint density at radius 3 is 2.35 bits per heavy atom. The van der Waals surface area contributed by atoms with Crippen LogP contribution in [0.1, 0.15) is 18.4 Å². The maximum absolute atomic E-state index is 12.8. The number of rotatable bonds is 2. The molecule has 0 saturated carbocycles. The molecule has 1 fully saturated rings. The van der Waals surface area contributed by atoms with Gasteiger partial charge in [0.1, 0.15) is 5.75 Å². The molecule has 3 rings (SSSR count). The molecule has 2 aromatic rings. The molecule has 1 aliphatic heterocycles. The number of aliphatic hydroxyl groups is 1. The van der Waals surface area contributed by atoms with Crippen molar-refractivity contribution >= 4 is 10.8 Å². The largest absolute Gasteiger partial charge is 0.508 e. The fourth-order valence-corrected chi connectivity index (χ4v) is 3.08. The van der Waals surface area contributed by atoms with Gasteiger partial charge in [-0.05, 0) is 29.7 Å². The molecule has 1 saturated heterocycles. The minimum absolute atomic E-state index is 0.138. The highest BCUT2D eigenvalue weighted by molar-refractivity contribution is 5.87. The van der Waals surface area contributed by atoms with Gasteiger partial charge in [0.2, 0.25) is 0 Å². The van der Waals surface area contributed by atoms with E-state index in [2.05, 4.69) is 0 Å². The molecule has 2 N–H and O–H groups in total.